The molecule has 0 radical (unpaired) electrons. The second-order valence-electron chi connectivity index (χ2n) is 4.59. The number of nitrogens with zero attached hydrogens (tertiary/aromatic N) is 1. The first kappa shape index (κ1) is 15.2. The number of anilines is 2. The maximum Gasteiger partial charge on any atom is 0.325 e. The van der Waals surface area contributed by atoms with Crippen molar-refractivity contribution in [1.29, 1.82) is 0 Å². The number of carboxylic acids is 1. The maximum absolute atomic E-state index is 10.8. The van der Waals surface area contributed by atoms with Gasteiger partial charge in [-0.15, -0.1) is 0 Å². The van der Waals surface area contributed by atoms with Crippen molar-refractivity contribution in [1.82, 2.24) is 0 Å². The molecule has 0 unspecified atom stereocenters. The smallest absolute Gasteiger partial charge is 0.325 e. The van der Waals surface area contributed by atoms with Gasteiger partial charge in [0, 0.05) is 18.8 Å². The summed E-state index contributed by atoms with van der Waals surface area (Å²) in [6.45, 7) is 4.31. The zero-order valence-corrected chi connectivity index (χ0v) is 12.5. The van der Waals surface area contributed by atoms with Gasteiger partial charge in [-0.3, -0.25) is 4.79 Å². The zero-order valence-electron chi connectivity index (χ0n) is 11.0. The molecule has 1 aliphatic rings. The van der Waals surface area contributed by atoms with E-state index < -0.39 is 12.0 Å². The standard InChI is InChI=1S/C13H16Cl2N2O3/c1-8(13(18)19)16-9-6-10(14)12(11(15)7-9)17-2-4-20-5-3-17/h6-8,16H,2-5H2,1H3,(H,18,19)/t8-/m0/s1. The predicted molar refractivity (Wildman–Crippen MR) is 80.2 cm³/mol. The van der Waals surface area contributed by atoms with Crippen LogP contribution in [-0.2, 0) is 9.53 Å². The molecule has 110 valence electrons. The first-order chi connectivity index (χ1) is 9.49. The third-order valence-electron chi connectivity index (χ3n) is 3.10. The molecule has 7 heteroatoms. The minimum Gasteiger partial charge on any atom is -0.480 e. The highest BCUT2D eigenvalue weighted by Gasteiger charge is 2.19. The Balaban J connectivity index is 2.22. The lowest BCUT2D eigenvalue weighted by atomic mass is 10.2. The van der Waals surface area contributed by atoms with Gasteiger partial charge in [-0.2, -0.15) is 0 Å². The number of rotatable bonds is 4. The third kappa shape index (κ3) is 3.48. The first-order valence-electron chi connectivity index (χ1n) is 6.30. The Morgan fingerprint density at radius 3 is 2.40 bits per heavy atom. The van der Waals surface area contributed by atoms with Crippen LogP contribution in [0.1, 0.15) is 6.92 Å². The summed E-state index contributed by atoms with van der Waals surface area (Å²) in [6, 6.07) is 2.67. The molecule has 0 aliphatic carbocycles. The van der Waals surface area contributed by atoms with Gasteiger partial charge in [0.05, 0.1) is 28.9 Å². The van der Waals surface area contributed by atoms with E-state index in [0.717, 1.165) is 18.8 Å². The molecule has 1 saturated heterocycles. The molecule has 20 heavy (non-hydrogen) atoms. The van der Waals surface area contributed by atoms with Crippen molar-refractivity contribution in [3.8, 4) is 0 Å². The molecule has 0 spiro atoms. The first-order valence-corrected chi connectivity index (χ1v) is 7.05. The molecule has 0 saturated carbocycles. The highest BCUT2D eigenvalue weighted by molar-refractivity contribution is 6.39. The van der Waals surface area contributed by atoms with E-state index in [1.807, 2.05) is 0 Å². The Kier molecular flexibility index (Phi) is 4.96. The van der Waals surface area contributed by atoms with E-state index >= 15 is 0 Å². The van der Waals surface area contributed by atoms with Gasteiger partial charge in [0.2, 0.25) is 0 Å². The lowest BCUT2D eigenvalue weighted by Gasteiger charge is -2.30. The molecule has 1 atom stereocenters. The van der Waals surface area contributed by atoms with E-state index in [0.29, 0.717) is 28.9 Å². The van der Waals surface area contributed by atoms with Crippen LogP contribution in [0.25, 0.3) is 0 Å². The molecule has 5 nitrogen and oxygen atoms in total. The number of nitrogens with one attached hydrogen (secondary N) is 1. The van der Waals surface area contributed by atoms with E-state index in [9.17, 15) is 4.79 Å². The largest absolute Gasteiger partial charge is 0.480 e. The van der Waals surface area contributed by atoms with Crippen molar-refractivity contribution >= 4 is 40.5 Å². The summed E-state index contributed by atoms with van der Waals surface area (Å²) in [5, 5.41) is 12.7. The third-order valence-corrected chi connectivity index (χ3v) is 3.67. The summed E-state index contributed by atoms with van der Waals surface area (Å²) in [4.78, 5) is 12.9. The van der Waals surface area contributed by atoms with Crippen LogP contribution in [0.4, 0.5) is 11.4 Å². The van der Waals surface area contributed by atoms with Gasteiger partial charge in [0.15, 0.2) is 0 Å². The van der Waals surface area contributed by atoms with Gasteiger partial charge in [-0.25, -0.2) is 0 Å². The summed E-state index contributed by atoms with van der Waals surface area (Å²) in [6.07, 6.45) is 0. The minimum absolute atomic E-state index is 0.500. The summed E-state index contributed by atoms with van der Waals surface area (Å²) in [7, 11) is 0. The van der Waals surface area contributed by atoms with Gasteiger partial charge >= 0.3 is 5.97 Å². The lowest BCUT2D eigenvalue weighted by Crippen LogP contribution is -2.36. The second-order valence-corrected chi connectivity index (χ2v) is 5.41. The molecule has 0 amide bonds. The van der Waals surface area contributed by atoms with Crippen molar-refractivity contribution < 1.29 is 14.6 Å². The van der Waals surface area contributed by atoms with Crippen LogP contribution in [0.2, 0.25) is 10.0 Å². The normalized spacial score (nSPS) is 16.9. The molecule has 2 rings (SSSR count). The van der Waals surface area contributed by atoms with Crippen molar-refractivity contribution in [2.45, 2.75) is 13.0 Å². The lowest BCUT2D eigenvalue weighted by molar-refractivity contribution is -0.137. The molecule has 0 aromatic heterocycles. The number of benzene rings is 1. The van der Waals surface area contributed by atoms with Crippen molar-refractivity contribution in [2.75, 3.05) is 36.5 Å². The number of hydrogen-bond acceptors (Lipinski definition) is 4. The van der Waals surface area contributed by atoms with Crippen LogP contribution in [0.15, 0.2) is 12.1 Å². The van der Waals surface area contributed by atoms with Gasteiger partial charge in [0.1, 0.15) is 6.04 Å². The van der Waals surface area contributed by atoms with E-state index in [1.54, 1.807) is 19.1 Å². The SMILES string of the molecule is C[C@H](Nc1cc(Cl)c(N2CCOCC2)c(Cl)c1)C(=O)O. The van der Waals surface area contributed by atoms with E-state index in [-0.39, 0.29) is 0 Å². The van der Waals surface area contributed by atoms with Gasteiger partial charge in [-0.1, -0.05) is 23.2 Å². The molecule has 1 aliphatic heterocycles. The number of carboxylic acid groups (broad SMARTS) is 1. The predicted octanol–water partition coefficient (Wildman–Crippen LogP) is 2.72. The summed E-state index contributed by atoms with van der Waals surface area (Å²) in [5.74, 6) is -0.936. The number of halogens is 2. The van der Waals surface area contributed by atoms with Crippen LogP contribution in [-0.4, -0.2) is 43.4 Å². The molecule has 0 bridgehead atoms. The number of carbonyl (C=O) groups is 1. The molecule has 1 aromatic rings. The quantitative estimate of drug-likeness (QED) is 0.893. The van der Waals surface area contributed by atoms with Crippen LogP contribution in [0.5, 0.6) is 0 Å². The molecular weight excluding hydrogens is 303 g/mol. The molecule has 1 heterocycles. The summed E-state index contributed by atoms with van der Waals surface area (Å²) in [5.41, 5.74) is 1.36. The van der Waals surface area contributed by atoms with Crippen molar-refractivity contribution in [3.05, 3.63) is 22.2 Å². The van der Waals surface area contributed by atoms with Gasteiger partial charge in [-0.05, 0) is 19.1 Å². The fourth-order valence-corrected chi connectivity index (χ4v) is 2.78. The average Bonchev–Trinajstić information content (AvgIpc) is 2.39. The maximum atomic E-state index is 10.8. The van der Waals surface area contributed by atoms with Crippen LogP contribution < -0.4 is 10.2 Å². The van der Waals surface area contributed by atoms with Crippen molar-refractivity contribution in [2.24, 2.45) is 0 Å². The highest BCUT2D eigenvalue weighted by atomic mass is 35.5. The second kappa shape index (κ2) is 6.52. The Hall–Kier alpha value is -1.17. The van der Waals surface area contributed by atoms with E-state index in [1.165, 1.54) is 0 Å². The summed E-state index contributed by atoms with van der Waals surface area (Å²) < 4.78 is 5.30. The van der Waals surface area contributed by atoms with Crippen LogP contribution in [0.3, 0.4) is 0 Å². The zero-order chi connectivity index (χ0) is 14.7. The number of hydrogen-bond donors (Lipinski definition) is 2. The fraction of sp³-hybridized carbons (Fsp3) is 0.462. The topological polar surface area (TPSA) is 61.8 Å². The van der Waals surface area contributed by atoms with Gasteiger partial charge in [0.25, 0.3) is 0 Å². The van der Waals surface area contributed by atoms with E-state index in [2.05, 4.69) is 10.2 Å². The summed E-state index contributed by atoms with van der Waals surface area (Å²) >= 11 is 12.6. The van der Waals surface area contributed by atoms with Gasteiger partial charge < -0.3 is 20.1 Å². The number of morpholine rings is 1. The highest BCUT2D eigenvalue weighted by Crippen LogP contribution is 2.37. The number of aliphatic carboxylic acids is 1. The minimum atomic E-state index is -0.936. The Morgan fingerprint density at radius 1 is 1.35 bits per heavy atom. The fourth-order valence-electron chi connectivity index (χ4n) is 2.05. The molecular formula is C13H16Cl2N2O3. The molecule has 2 N–H and O–H groups in total. The number of ether oxygens (including phenoxy) is 1. The van der Waals surface area contributed by atoms with Crippen LogP contribution >= 0.6 is 23.2 Å². The Labute approximate surface area is 127 Å². The Morgan fingerprint density at radius 2 is 1.90 bits per heavy atom. The molecule has 1 fully saturated rings. The average molecular weight is 319 g/mol. The van der Waals surface area contributed by atoms with E-state index in [4.69, 9.17) is 33.0 Å². The Bertz CT molecular complexity index is 481. The monoisotopic (exact) mass is 318 g/mol. The molecule has 1 aromatic carbocycles. The van der Waals surface area contributed by atoms with Crippen molar-refractivity contribution in [3.63, 3.8) is 0 Å². The van der Waals surface area contributed by atoms with Crippen LogP contribution in [0, 0.1) is 0 Å².